The average Bonchev–Trinajstić information content (AvgIpc) is 2.46. The molecule has 0 saturated carbocycles. The zero-order chi connectivity index (χ0) is 14.5. The van der Waals surface area contributed by atoms with Crippen LogP contribution in [0.25, 0.3) is 0 Å². The first kappa shape index (κ1) is 14.3. The molecule has 0 aliphatic heterocycles. The lowest BCUT2D eigenvalue weighted by Crippen LogP contribution is -2.24. The molecule has 20 heavy (non-hydrogen) atoms. The highest BCUT2D eigenvalue weighted by atomic mass is 35.5. The molecule has 104 valence electrons. The van der Waals surface area contributed by atoms with Gasteiger partial charge in [0.05, 0.1) is 11.3 Å². The molecule has 4 nitrogen and oxygen atoms in total. The summed E-state index contributed by atoms with van der Waals surface area (Å²) in [7, 11) is 1.78. The number of nitrogens with one attached hydrogen (secondary N) is 2. The van der Waals surface area contributed by atoms with Crippen LogP contribution in [0.15, 0.2) is 36.5 Å². The molecular weight excluding hydrogens is 274 g/mol. The topological polar surface area (TPSA) is 54.0 Å². The smallest absolute Gasteiger partial charge is 0.255 e. The number of anilines is 1. The van der Waals surface area contributed by atoms with Crippen molar-refractivity contribution in [3.63, 3.8) is 0 Å². The van der Waals surface area contributed by atoms with Gasteiger partial charge in [0, 0.05) is 30.5 Å². The van der Waals surface area contributed by atoms with Crippen LogP contribution in [0.4, 0.5) is 5.69 Å². The van der Waals surface area contributed by atoms with Crippen LogP contribution in [0.3, 0.4) is 0 Å². The van der Waals surface area contributed by atoms with Crippen LogP contribution in [-0.2, 0) is 6.54 Å². The van der Waals surface area contributed by atoms with E-state index in [0.29, 0.717) is 17.1 Å². The van der Waals surface area contributed by atoms with Gasteiger partial charge in [0.1, 0.15) is 0 Å². The molecule has 1 amide bonds. The van der Waals surface area contributed by atoms with E-state index < -0.39 is 0 Å². The number of pyridine rings is 1. The predicted octanol–water partition coefficient (Wildman–Crippen LogP) is 3.02. The fourth-order valence-electron chi connectivity index (χ4n) is 1.83. The summed E-state index contributed by atoms with van der Waals surface area (Å²) in [4.78, 5) is 16.3. The molecule has 1 aromatic carbocycles. The maximum absolute atomic E-state index is 12.2. The van der Waals surface area contributed by atoms with Crippen molar-refractivity contribution in [1.29, 1.82) is 0 Å². The molecule has 0 saturated heterocycles. The highest BCUT2D eigenvalue weighted by Gasteiger charge is 2.11. The summed E-state index contributed by atoms with van der Waals surface area (Å²) >= 11 is 5.82. The van der Waals surface area contributed by atoms with E-state index in [-0.39, 0.29) is 5.91 Å². The van der Waals surface area contributed by atoms with Gasteiger partial charge < -0.3 is 10.6 Å². The van der Waals surface area contributed by atoms with E-state index in [9.17, 15) is 4.79 Å². The molecule has 0 atom stereocenters. The van der Waals surface area contributed by atoms with E-state index in [0.717, 1.165) is 16.9 Å². The monoisotopic (exact) mass is 289 g/mol. The molecule has 5 heteroatoms. The van der Waals surface area contributed by atoms with Crippen LogP contribution >= 0.6 is 11.6 Å². The Morgan fingerprint density at radius 2 is 2.00 bits per heavy atom. The summed E-state index contributed by atoms with van der Waals surface area (Å²) in [5.74, 6) is -0.156. The van der Waals surface area contributed by atoms with Crippen molar-refractivity contribution in [2.45, 2.75) is 13.5 Å². The molecule has 0 aliphatic carbocycles. The van der Waals surface area contributed by atoms with Gasteiger partial charge in [-0.2, -0.15) is 0 Å². The number of aromatic nitrogens is 1. The van der Waals surface area contributed by atoms with Gasteiger partial charge in [-0.3, -0.25) is 9.78 Å². The third-order valence-corrected chi connectivity index (χ3v) is 3.17. The van der Waals surface area contributed by atoms with Crippen LogP contribution in [-0.4, -0.2) is 17.9 Å². The van der Waals surface area contributed by atoms with Gasteiger partial charge in [-0.25, -0.2) is 0 Å². The summed E-state index contributed by atoms with van der Waals surface area (Å²) in [6.45, 7) is 2.34. The third-order valence-electron chi connectivity index (χ3n) is 2.92. The summed E-state index contributed by atoms with van der Waals surface area (Å²) in [5.41, 5.74) is 3.16. The lowest BCUT2D eigenvalue weighted by Gasteiger charge is -2.10. The molecule has 0 spiro atoms. The van der Waals surface area contributed by atoms with Crippen LogP contribution in [0.1, 0.15) is 21.6 Å². The fraction of sp³-hybridized carbons (Fsp3) is 0.200. The number of amides is 1. The predicted molar refractivity (Wildman–Crippen MR) is 81.1 cm³/mol. The highest BCUT2D eigenvalue weighted by molar-refractivity contribution is 6.30. The molecule has 0 unspecified atom stereocenters. The number of hydrogen-bond acceptors (Lipinski definition) is 3. The van der Waals surface area contributed by atoms with E-state index in [1.807, 2.05) is 25.1 Å². The number of hydrogen-bond donors (Lipinski definition) is 2. The van der Waals surface area contributed by atoms with Crippen LogP contribution in [0, 0.1) is 6.92 Å². The highest BCUT2D eigenvalue weighted by Crippen LogP contribution is 2.15. The first-order chi connectivity index (χ1) is 9.60. The molecular formula is C15H16ClN3O. The molecule has 0 aliphatic rings. The van der Waals surface area contributed by atoms with Gasteiger partial charge in [0.15, 0.2) is 0 Å². The fourth-order valence-corrected chi connectivity index (χ4v) is 1.95. The Labute approximate surface area is 123 Å². The van der Waals surface area contributed by atoms with Crippen molar-refractivity contribution in [3.05, 3.63) is 58.4 Å². The second-order valence-electron chi connectivity index (χ2n) is 4.43. The molecule has 2 aromatic rings. The summed E-state index contributed by atoms with van der Waals surface area (Å²) in [6, 6.07) is 9.21. The van der Waals surface area contributed by atoms with E-state index in [2.05, 4.69) is 15.6 Å². The molecule has 2 rings (SSSR count). The van der Waals surface area contributed by atoms with Crippen molar-refractivity contribution in [2.24, 2.45) is 0 Å². The standard InChI is InChI=1S/C15H16ClN3O/c1-10-7-14(17-2)13(9-18-10)15(20)19-8-11-3-5-12(16)6-4-11/h3-7,9H,8H2,1-2H3,(H,17,18)(H,19,20). The SMILES string of the molecule is CNc1cc(C)ncc1C(=O)NCc1ccc(Cl)cc1. The Morgan fingerprint density at radius 3 is 2.65 bits per heavy atom. The van der Waals surface area contributed by atoms with Gasteiger partial charge >= 0.3 is 0 Å². The van der Waals surface area contributed by atoms with E-state index in [1.165, 1.54) is 0 Å². The number of rotatable bonds is 4. The Kier molecular flexibility index (Phi) is 4.58. The molecule has 1 heterocycles. The second-order valence-corrected chi connectivity index (χ2v) is 4.87. The zero-order valence-electron chi connectivity index (χ0n) is 11.4. The second kappa shape index (κ2) is 6.39. The first-order valence-electron chi connectivity index (χ1n) is 6.27. The van der Waals surface area contributed by atoms with E-state index >= 15 is 0 Å². The van der Waals surface area contributed by atoms with Crippen LogP contribution in [0.2, 0.25) is 5.02 Å². The normalized spacial score (nSPS) is 10.2. The molecule has 0 radical (unpaired) electrons. The van der Waals surface area contributed by atoms with Gasteiger partial charge in [-0.05, 0) is 30.7 Å². The average molecular weight is 290 g/mol. The molecule has 0 bridgehead atoms. The van der Waals surface area contributed by atoms with Crippen molar-refractivity contribution in [3.8, 4) is 0 Å². The van der Waals surface area contributed by atoms with Crippen molar-refractivity contribution in [2.75, 3.05) is 12.4 Å². The number of benzene rings is 1. The number of aryl methyl sites for hydroxylation is 1. The quantitative estimate of drug-likeness (QED) is 0.910. The lowest BCUT2D eigenvalue weighted by atomic mass is 10.2. The lowest BCUT2D eigenvalue weighted by molar-refractivity contribution is 0.0951. The molecule has 0 fully saturated rings. The van der Waals surface area contributed by atoms with Gasteiger partial charge in [-0.1, -0.05) is 23.7 Å². The Bertz CT molecular complexity index is 611. The van der Waals surface area contributed by atoms with Crippen molar-refractivity contribution < 1.29 is 4.79 Å². The van der Waals surface area contributed by atoms with Crippen LogP contribution in [0.5, 0.6) is 0 Å². The third kappa shape index (κ3) is 3.48. The minimum Gasteiger partial charge on any atom is -0.387 e. The number of carbonyl (C=O) groups is 1. The van der Waals surface area contributed by atoms with Gasteiger partial charge in [0.25, 0.3) is 5.91 Å². The maximum atomic E-state index is 12.2. The number of nitrogens with zero attached hydrogens (tertiary/aromatic N) is 1. The summed E-state index contributed by atoms with van der Waals surface area (Å²) in [6.07, 6.45) is 1.58. The van der Waals surface area contributed by atoms with Crippen molar-refractivity contribution >= 4 is 23.2 Å². The van der Waals surface area contributed by atoms with Crippen LogP contribution < -0.4 is 10.6 Å². The molecule has 2 N–H and O–H groups in total. The van der Waals surface area contributed by atoms with E-state index in [4.69, 9.17) is 11.6 Å². The minimum absolute atomic E-state index is 0.156. The summed E-state index contributed by atoms with van der Waals surface area (Å²) < 4.78 is 0. The first-order valence-corrected chi connectivity index (χ1v) is 6.65. The minimum atomic E-state index is -0.156. The molecule has 1 aromatic heterocycles. The van der Waals surface area contributed by atoms with Gasteiger partial charge in [-0.15, -0.1) is 0 Å². The number of carbonyl (C=O) groups excluding carboxylic acids is 1. The largest absolute Gasteiger partial charge is 0.387 e. The zero-order valence-corrected chi connectivity index (χ0v) is 12.2. The van der Waals surface area contributed by atoms with Gasteiger partial charge in [0.2, 0.25) is 0 Å². The Morgan fingerprint density at radius 1 is 1.30 bits per heavy atom. The maximum Gasteiger partial charge on any atom is 0.255 e. The summed E-state index contributed by atoms with van der Waals surface area (Å²) in [5, 5.41) is 6.55. The number of halogens is 1. The van der Waals surface area contributed by atoms with E-state index in [1.54, 1.807) is 25.4 Å². The Hall–Kier alpha value is -2.07. The Balaban J connectivity index is 2.07. The van der Waals surface area contributed by atoms with Crippen molar-refractivity contribution in [1.82, 2.24) is 10.3 Å².